The second-order valence-electron chi connectivity index (χ2n) is 6.53. The van der Waals surface area contributed by atoms with Crippen LogP contribution in [0, 0.1) is 12.7 Å². The lowest BCUT2D eigenvalue weighted by Crippen LogP contribution is -2.38. The summed E-state index contributed by atoms with van der Waals surface area (Å²) in [5, 5.41) is 6.58. The maximum atomic E-state index is 13.7. The van der Waals surface area contributed by atoms with Gasteiger partial charge in [0.05, 0.1) is 20.3 Å². The summed E-state index contributed by atoms with van der Waals surface area (Å²) < 4.78 is 24.2. The molecule has 28 heavy (non-hydrogen) atoms. The van der Waals surface area contributed by atoms with E-state index >= 15 is 0 Å². The summed E-state index contributed by atoms with van der Waals surface area (Å²) in [5.74, 6) is 1.38. The van der Waals surface area contributed by atoms with Crippen LogP contribution in [0.15, 0.2) is 41.4 Å². The summed E-state index contributed by atoms with van der Waals surface area (Å²) >= 11 is 0. The Morgan fingerprint density at radius 2 is 1.86 bits per heavy atom. The standard InChI is InChI=1S/C22H30FN3O2/c1-5-24-22(25-11-10-17-7-6-16(2)21(13-17)28-4)26-14-18-8-9-20(23)19(12-18)15-27-3/h6-9,12-13H,5,10-11,14-15H2,1-4H3,(H2,24,25,26). The Bertz CT molecular complexity index is 793. The highest BCUT2D eigenvalue weighted by Gasteiger charge is 2.05. The molecule has 0 fully saturated rings. The summed E-state index contributed by atoms with van der Waals surface area (Å²) in [4.78, 5) is 4.60. The Morgan fingerprint density at radius 1 is 1.07 bits per heavy atom. The Kier molecular flexibility index (Phi) is 8.75. The third-order valence-corrected chi connectivity index (χ3v) is 4.35. The minimum Gasteiger partial charge on any atom is -0.496 e. The average molecular weight is 387 g/mol. The molecule has 0 aromatic heterocycles. The van der Waals surface area contributed by atoms with E-state index in [1.807, 2.05) is 13.8 Å². The molecule has 2 N–H and O–H groups in total. The van der Waals surface area contributed by atoms with Crippen molar-refractivity contribution in [2.24, 2.45) is 4.99 Å². The van der Waals surface area contributed by atoms with E-state index < -0.39 is 0 Å². The van der Waals surface area contributed by atoms with Crippen molar-refractivity contribution in [1.29, 1.82) is 0 Å². The molecule has 0 saturated heterocycles. The Hall–Kier alpha value is -2.60. The maximum absolute atomic E-state index is 13.7. The van der Waals surface area contributed by atoms with Crippen molar-refractivity contribution in [3.05, 3.63) is 64.5 Å². The number of aliphatic imine (C=N–C) groups is 1. The second kappa shape index (κ2) is 11.3. The Labute approximate surface area is 167 Å². The molecule has 0 aliphatic rings. The molecule has 2 rings (SSSR count). The molecule has 0 radical (unpaired) electrons. The van der Waals surface area contributed by atoms with Crippen molar-refractivity contribution in [1.82, 2.24) is 10.6 Å². The lowest BCUT2D eigenvalue weighted by atomic mass is 10.1. The van der Waals surface area contributed by atoms with Gasteiger partial charge in [-0.3, -0.25) is 0 Å². The molecular formula is C22H30FN3O2. The van der Waals surface area contributed by atoms with Crippen LogP contribution in [0.2, 0.25) is 0 Å². The summed E-state index contributed by atoms with van der Waals surface area (Å²) in [6.07, 6.45) is 0.857. The molecule has 0 heterocycles. The summed E-state index contributed by atoms with van der Waals surface area (Å²) in [6, 6.07) is 11.3. The van der Waals surface area contributed by atoms with E-state index in [1.165, 1.54) is 11.6 Å². The van der Waals surface area contributed by atoms with Gasteiger partial charge in [0.2, 0.25) is 0 Å². The minimum absolute atomic E-state index is 0.252. The Morgan fingerprint density at radius 3 is 2.57 bits per heavy atom. The zero-order valence-corrected chi connectivity index (χ0v) is 17.1. The van der Waals surface area contributed by atoms with Crippen LogP contribution in [0.4, 0.5) is 4.39 Å². The van der Waals surface area contributed by atoms with Gasteiger partial charge in [0.1, 0.15) is 11.6 Å². The van der Waals surface area contributed by atoms with Crippen molar-refractivity contribution >= 4 is 5.96 Å². The van der Waals surface area contributed by atoms with Crippen LogP contribution in [0.3, 0.4) is 0 Å². The van der Waals surface area contributed by atoms with E-state index in [-0.39, 0.29) is 12.4 Å². The maximum Gasteiger partial charge on any atom is 0.191 e. The number of rotatable bonds is 9. The smallest absolute Gasteiger partial charge is 0.191 e. The predicted molar refractivity (Wildman–Crippen MR) is 111 cm³/mol. The van der Waals surface area contributed by atoms with Gasteiger partial charge in [-0.25, -0.2) is 9.38 Å². The number of hydrogen-bond acceptors (Lipinski definition) is 3. The number of guanidine groups is 1. The highest BCUT2D eigenvalue weighted by molar-refractivity contribution is 5.79. The van der Waals surface area contributed by atoms with Crippen LogP contribution in [-0.2, 0) is 24.3 Å². The van der Waals surface area contributed by atoms with Crippen molar-refractivity contribution in [2.45, 2.75) is 33.4 Å². The first-order valence-corrected chi connectivity index (χ1v) is 9.49. The van der Waals surface area contributed by atoms with Gasteiger partial charge >= 0.3 is 0 Å². The lowest BCUT2D eigenvalue weighted by molar-refractivity contribution is 0.181. The molecule has 0 atom stereocenters. The molecule has 0 aliphatic heterocycles. The van der Waals surface area contributed by atoms with Gasteiger partial charge in [0.25, 0.3) is 0 Å². The van der Waals surface area contributed by atoms with E-state index in [9.17, 15) is 4.39 Å². The monoisotopic (exact) mass is 387 g/mol. The Balaban J connectivity index is 1.96. The molecule has 0 spiro atoms. The average Bonchev–Trinajstić information content (AvgIpc) is 2.69. The van der Waals surface area contributed by atoms with Gasteiger partial charge < -0.3 is 20.1 Å². The fourth-order valence-corrected chi connectivity index (χ4v) is 2.85. The van der Waals surface area contributed by atoms with Gasteiger partial charge in [0.15, 0.2) is 5.96 Å². The number of methoxy groups -OCH3 is 2. The van der Waals surface area contributed by atoms with Crippen LogP contribution in [0.25, 0.3) is 0 Å². The van der Waals surface area contributed by atoms with Crippen LogP contribution >= 0.6 is 0 Å². The number of nitrogens with one attached hydrogen (secondary N) is 2. The molecule has 0 aliphatic carbocycles. The van der Waals surface area contributed by atoms with Crippen LogP contribution in [0.1, 0.15) is 29.2 Å². The SMILES string of the molecule is CCNC(=NCc1ccc(F)c(COC)c1)NCCc1ccc(C)c(OC)c1. The molecular weight excluding hydrogens is 357 g/mol. The van der Waals surface area contributed by atoms with Crippen molar-refractivity contribution in [2.75, 3.05) is 27.3 Å². The number of benzene rings is 2. The second-order valence-corrected chi connectivity index (χ2v) is 6.53. The van der Waals surface area contributed by atoms with Gasteiger partial charge in [-0.05, 0) is 55.2 Å². The van der Waals surface area contributed by atoms with Crippen molar-refractivity contribution < 1.29 is 13.9 Å². The van der Waals surface area contributed by atoms with E-state index in [4.69, 9.17) is 9.47 Å². The van der Waals surface area contributed by atoms with E-state index in [2.05, 4.69) is 33.8 Å². The van der Waals surface area contributed by atoms with E-state index in [1.54, 1.807) is 26.4 Å². The molecule has 2 aromatic rings. The van der Waals surface area contributed by atoms with Crippen molar-refractivity contribution in [3.8, 4) is 5.75 Å². The molecule has 6 heteroatoms. The first-order chi connectivity index (χ1) is 13.6. The van der Waals surface area contributed by atoms with Gasteiger partial charge in [0, 0.05) is 25.8 Å². The highest BCUT2D eigenvalue weighted by Crippen LogP contribution is 2.19. The predicted octanol–water partition coefficient (Wildman–Crippen LogP) is 3.59. The largest absolute Gasteiger partial charge is 0.496 e. The lowest BCUT2D eigenvalue weighted by Gasteiger charge is -2.12. The molecule has 152 valence electrons. The summed E-state index contributed by atoms with van der Waals surface area (Å²) in [6.45, 7) is 6.28. The minimum atomic E-state index is -0.256. The normalized spacial score (nSPS) is 11.4. The topological polar surface area (TPSA) is 54.9 Å². The molecule has 0 saturated carbocycles. The number of nitrogens with zero attached hydrogens (tertiary/aromatic N) is 1. The molecule has 5 nitrogen and oxygen atoms in total. The fraction of sp³-hybridized carbons (Fsp3) is 0.409. The van der Waals surface area contributed by atoms with Gasteiger partial charge in [-0.15, -0.1) is 0 Å². The van der Waals surface area contributed by atoms with Gasteiger partial charge in [-0.1, -0.05) is 18.2 Å². The van der Waals surface area contributed by atoms with E-state index in [0.29, 0.717) is 12.1 Å². The van der Waals surface area contributed by atoms with Crippen LogP contribution in [0.5, 0.6) is 5.75 Å². The first-order valence-electron chi connectivity index (χ1n) is 9.49. The number of ether oxygens (including phenoxy) is 2. The molecule has 0 unspecified atom stereocenters. The number of hydrogen-bond donors (Lipinski definition) is 2. The van der Waals surface area contributed by atoms with Gasteiger partial charge in [-0.2, -0.15) is 0 Å². The molecule has 0 amide bonds. The fourth-order valence-electron chi connectivity index (χ4n) is 2.85. The van der Waals surface area contributed by atoms with E-state index in [0.717, 1.165) is 42.3 Å². The third-order valence-electron chi connectivity index (χ3n) is 4.35. The number of aryl methyl sites for hydroxylation is 1. The highest BCUT2D eigenvalue weighted by atomic mass is 19.1. The number of halogens is 1. The zero-order chi connectivity index (χ0) is 20.4. The zero-order valence-electron chi connectivity index (χ0n) is 17.1. The van der Waals surface area contributed by atoms with Crippen LogP contribution < -0.4 is 15.4 Å². The van der Waals surface area contributed by atoms with Crippen LogP contribution in [-0.4, -0.2) is 33.3 Å². The quantitative estimate of drug-likeness (QED) is 0.510. The molecule has 0 bridgehead atoms. The summed E-state index contributed by atoms with van der Waals surface area (Å²) in [7, 11) is 3.24. The first kappa shape index (κ1) is 21.7. The summed E-state index contributed by atoms with van der Waals surface area (Å²) in [5.41, 5.74) is 3.81. The third kappa shape index (κ3) is 6.53. The van der Waals surface area contributed by atoms with Crippen molar-refractivity contribution in [3.63, 3.8) is 0 Å². The molecule has 2 aromatic carbocycles.